The number of nitro groups is 1. The topological polar surface area (TPSA) is 70.8 Å². The molecule has 21 heavy (non-hydrogen) atoms. The smallest absolute Gasteiger partial charge is 0.490 e. The van der Waals surface area contributed by atoms with Gasteiger partial charge in [0.15, 0.2) is 5.75 Å². The minimum Gasteiger partial charge on any atom is -0.490 e. The summed E-state index contributed by atoms with van der Waals surface area (Å²) in [6.07, 6.45) is 0.786. The standard InChI is InChI=1S/C14H20BNO5/c1-6-14(4)13(2,3)20-15(21-14)10-7-8-12(19-5)11(9-10)16(17)18/h7-9H,6H2,1-5H3. The fourth-order valence-corrected chi connectivity index (χ4v) is 2.44. The van der Waals surface area contributed by atoms with E-state index in [2.05, 4.69) is 0 Å². The molecule has 1 saturated heterocycles. The zero-order valence-corrected chi connectivity index (χ0v) is 13.0. The predicted octanol–water partition coefficient (Wildman–Crippen LogP) is 2.29. The molecule has 0 N–H and O–H groups in total. The van der Waals surface area contributed by atoms with Gasteiger partial charge in [-0.1, -0.05) is 13.0 Å². The van der Waals surface area contributed by atoms with Crippen LogP contribution in [0.15, 0.2) is 18.2 Å². The van der Waals surface area contributed by atoms with Gasteiger partial charge >= 0.3 is 12.8 Å². The van der Waals surface area contributed by atoms with Gasteiger partial charge in [-0.3, -0.25) is 10.1 Å². The summed E-state index contributed by atoms with van der Waals surface area (Å²) in [7, 11) is 0.788. The van der Waals surface area contributed by atoms with E-state index in [-0.39, 0.29) is 11.4 Å². The molecule has 1 aliphatic heterocycles. The maximum Gasteiger partial charge on any atom is 0.495 e. The molecule has 6 nitrogen and oxygen atoms in total. The molecule has 1 aliphatic rings. The molecule has 0 saturated carbocycles. The lowest BCUT2D eigenvalue weighted by Gasteiger charge is -2.35. The van der Waals surface area contributed by atoms with Crippen molar-refractivity contribution >= 4 is 18.3 Å². The van der Waals surface area contributed by atoms with E-state index in [9.17, 15) is 10.1 Å². The van der Waals surface area contributed by atoms with E-state index in [4.69, 9.17) is 14.0 Å². The molecule has 0 radical (unpaired) electrons. The normalized spacial score (nSPS) is 24.1. The summed E-state index contributed by atoms with van der Waals surface area (Å²) in [5.41, 5.74) is -0.383. The van der Waals surface area contributed by atoms with Crippen LogP contribution in [0.1, 0.15) is 34.1 Å². The lowest BCUT2D eigenvalue weighted by molar-refractivity contribution is -0.385. The SMILES string of the molecule is CCC1(C)OB(c2ccc(OC)c([N+](=O)[O-])c2)OC1(C)C. The fraction of sp³-hybridized carbons (Fsp3) is 0.571. The molecule has 0 spiro atoms. The van der Waals surface area contributed by atoms with Gasteiger partial charge in [-0.05, 0) is 38.7 Å². The van der Waals surface area contributed by atoms with Crippen molar-refractivity contribution in [2.45, 2.75) is 45.3 Å². The van der Waals surface area contributed by atoms with Gasteiger partial charge < -0.3 is 14.0 Å². The highest BCUT2D eigenvalue weighted by atomic mass is 16.7. The van der Waals surface area contributed by atoms with Crippen molar-refractivity contribution in [1.82, 2.24) is 0 Å². The van der Waals surface area contributed by atoms with Crippen LogP contribution in [0.4, 0.5) is 5.69 Å². The molecule has 0 aliphatic carbocycles. The van der Waals surface area contributed by atoms with Gasteiger partial charge in [0.2, 0.25) is 0 Å². The number of nitrogens with zero attached hydrogens (tertiary/aromatic N) is 1. The summed E-state index contributed by atoms with van der Waals surface area (Å²) in [6.45, 7) is 7.96. The van der Waals surface area contributed by atoms with E-state index in [0.29, 0.717) is 5.46 Å². The summed E-state index contributed by atoms with van der Waals surface area (Å²) < 4.78 is 17.0. The number of methoxy groups -OCH3 is 1. The van der Waals surface area contributed by atoms with E-state index in [1.54, 1.807) is 12.1 Å². The third-order valence-corrected chi connectivity index (χ3v) is 4.39. The molecule has 1 aromatic carbocycles. The van der Waals surface area contributed by atoms with Crippen molar-refractivity contribution in [2.75, 3.05) is 7.11 Å². The summed E-state index contributed by atoms with van der Waals surface area (Å²) >= 11 is 0. The predicted molar refractivity (Wildman–Crippen MR) is 80.0 cm³/mol. The Balaban J connectivity index is 2.36. The molecule has 7 heteroatoms. The second-order valence-electron chi connectivity index (χ2n) is 5.85. The van der Waals surface area contributed by atoms with Crippen LogP contribution in [0.2, 0.25) is 0 Å². The third kappa shape index (κ3) is 2.63. The summed E-state index contributed by atoms with van der Waals surface area (Å²) in [5, 5.41) is 11.1. The Kier molecular flexibility index (Phi) is 3.99. The average Bonchev–Trinajstić information content (AvgIpc) is 2.69. The Hall–Kier alpha value is -1.60. The fourth-order valence-electron chi connectivity index (χ4n) is 2.44. The van der Waals surface area contributed by atoms with E-state index >= 15 is 0 Å². The quantitative estimate of drug-likeness (QED) is 0.484. The Labute approximate surface area is 124 Å². The van der Waals surface area contributed by atoms with Crippen LogP contribution in [0, 0.1) is 10.1 Å². The zero-order chi connectivity index (χ0) is 15.8. The molecule has 1 aromatic rings. The van der Waals surface area contributed by atoms with E-state index in [0.717, 1.165) is 6.42 Å². The number of hydrogen-bond acceptors (Lipinski definition) is 5. The largest absolute Gasteiger partial charge is 0.495 e. The van der Waals surface area contributed by atoms with Crippen molar-refractivity contribution in [3.05, 3.63) is 28.3 Å². The van der Waals surface area contributed by atoms with Gasteiger partial charge in [0, 0.05) is 6.07 Å². The van der Waals surface area contributed by atoms with Crippen LogP contribution in [0.3, 0.4) is 0 Å². The first-order valence-corrected chi connectivity index (χ1v) is 6.92. The summed E-state index contributed by atoms with van der Waals surface area (Å²) in [5.74, 6) is 0.222. The minimum absolute atomic E-state index is 0.0925. The van der Waals surface area contributed by atoms with Crippen LogP contribution < -0.4 is 10.2 Å². The lowest BCUT2D eigenvalue weighted by atomic mass is 9.79. The van der Waals surface area contributed by atoms with E-state index < -0.39 is 23.2 Å². The molecule has 2 rings (SSSR count). The molecule has 0 amide bonds. The highest BCUT2D eigenvalue weighted by molar-refractivity contribution is 6.62. The van der Waals surface area contributed by atoms with Gasteiger partial charge in [0.1, 0.15) is 0 Å². The van der Waals surface area contributed by atoms with Crippen LogP contribution in [0.5, 0.6) is 5.75 Å². The van der Waals surface area contributed by atoms with Crippen molar-refractivity contribution in [2.24, 2.45) is 0 Å². The Morgan fingerprint density at radius 2 is 2.00 bits per heavy atom. The molecule has 0 bridgehead atoms. The Morgan fingerprint density at radius 3 is 2.48 bits per heavy atom. The van der Waals surface area contributed by atoms with Gasteiger partial charge in [0.25, 0.3) is 0 Å². The molecule has 1 fully saturated rings. The van der Waals surface area contributed by atoms with E-state index in [1.165, 1.54) is 13.2 Å². The second kappa shape index (κ2) is 5.31. The first-order valence-electron chi connectivity index (χ1n) is 6.92. The number of rotatable bonds is 4. The van der Waals surface area contributed by atoms with Gasteiger partial charge in [-0.2, -0.15) is 0 Å². The Bertz CT molecular complexity index is 562. The van der Waals surface area contributed by atoms with E-state index in [1.807, 2.05) is 27.7 Å². The first-order chi connectivity index (χ1) is 9.74. The van der Waals surface area contributed by atoms with Gasteiger partial charge in [-0.25, -0.2) is 0 Å². The Morgan fingerprint density at radius 1 is 1.33 bits per heavy atom. The first kappa shape index (κ1) is 15.8. The van der Waals surface area contributed by atoms with Gasteiger partial charge in [0.05, 0.1) is 23.2 Å². The number of benzene rings is 1. The average molecular weight is 293 g/mol. The molecule has 1 atom stereocenters. The van der Waals surface area contributed by atoms with Crippen molar-refractivity contribution < 1.29 is 19.0 Å². The van der Waals surface area contributed by atoms with Crippen LogP contribution in [-0.4, -0.2) is 30.4 Å². The highest BCUT2D eigenvalue weighted by Gasteiger charge is 2.53. The van der Waals surface area contributed by atoms with Crippen LogP contribution >= 0.6 is 0 Å². The van der Waals surface area contributed by atoms with Crippen molar-refractivity contribution in [3.63, 3.8) is 0 Å². The highest BCUT2D eigenvalue weighted by Crippen LogP contribution is 2.39. The monoisotopic (exact) mass is 293 g/mol. The second-order valence-corrected chi connectivity index (χ2v) is 5.85. The summed E-state index contributed by atoms with van der Waals surface area (Å²) in [6, 6.07) is 4.74. The maximum atomic E-state index is 11.1. The van der Waals surface area contributed by atoms with Crippen molar-refractivity contribution in [3.8, 4) is 5.75 Å². The molecule has 1 heterocycles. The number of ether oxygens (including phenoxy) is 1. The lowest BCUT2D eigenvalue weighted by Crippen LogP contribution is -2.44. The molecular weight excluding hydrogens is 273 g/mol. The minimum atomic E-state index is -0.616. The van der Waals surface area contributed by atoms with Gasteiger partial charge in [-0.15, -0.1) is 0 Å². The molecule has 1 unspecified atom stereocenters. The number of hydrogen-bond donors (Lipinski definition) is 0. The molecule has 0 aromatic heterocycles. The third-order valence-electron chi connectivity index (χ3n) is 4.39. The van der Waals surface area contributed by atoms with Crippen molar-refractivity contribution in [1.29, 1.82) is 0 Å². The zero-order valence-electron chi connectivity index (χ0n) is 13.0. The summed E-state index contributed by atoms with van der Waals surface area (Å²) in [4.78, 5) is 10.6. The number of nitro benzene ring substituents is 1. The molecular formula is C14H20BNO5. The van der Waals surface area contributed by atoms with Crippen LogP contribution in [-0.2, 0) is 9.31 Å². The van der Waals surface area contributed by atoms with Crippen LogP contribution in [0.25, 0.3) is 0 Å². The molecule has 114 valence electrons. The maximum absolute atomic E-state index is 11.1.